The predicted molar refractivity (Wildman–Crippen MR) is 86.8 cm³/mol. The van der Waals surface area contributed by atoms with Crippen LogP contribution in [0.4, 0.5) is 0 Å². The molecule has 6 nitrogen and oxygen atoms in total. The molecule has 0 atom stereocenters. The van der Waals surface area contributed by atoms with Gasteiger partial charge in [0.2, 0.25) is 0 Å². The standard InChI is InChI=1S/C15H18N4O2.ClH/c1-11-3-4-13-17-9-12(15(21)19(13)10-11)14(20)18-7-2-5-16-6-8-18;/h3-4,9-10,16H,2,5-8H2,1H3;1H. The molecular formula is C15H19ClN4O2. The summed E-state index contributed by atoms with van der Waals surface area (Å²) in [5.41, 5.74) is 1.35. The molecule has 3 heterocycles. The Morgan fingerprint density at radius 2 is 2.09 bits per heavy atom. The monoisotopic (exact) mass is 322 g/mol. The summed E-state index contributed by atoms with van der Waals surface area (Å²) in [5.74, 6) is -0.230. The maximum absolute atomic E-state index is 12.5. The van der Waals surface area contributed by atoms with Crippen LogP contribution in [0.2, 0.25) is 0 Å². The van der Waals surface area contributed by atoms with Crippen molar-refractivity contribution in [3.8, 4) is 0 Å². The maximum Gasteiger partial charge on any atom is 0.270 e. The highest BCUT2D eigenvalue weighted by Crippen LogP contribution is 2.05. The molecular weight excluding hydrogens is 304 g/mol. The van der Waals surface area contributed by atoms with Gasteiger partial charge in [0, 0.05) is 32.0 Å². The van der Waals surface area contributed by atoms with E-state index in [1.54, 1.807) is 17.2 Å². The molecule has 1 fully saturated rings. The lowest BCUT2D eigenvalue weighted by Crippen LogP contribution is -2.38. The fraction of sp³-hybridized carbons (Fsp3) is 0.400. The smallest absolute Gasteiger partial charge is 0.270 e. The number of amides is 1. The number of fused-ring (bicyclic) bond motifs is 1. The van der Waals surface area contributed by atoms with E-state index in [1.165, 1.54) is 10.6 Å². The second-order valence-electron chi connectivity index (χ2n) is 5.31. The van der Waals surface area contributed by atoms with Gasteiger partial charge in [0.1, 0.15) is 11.2 Å². The Bertz CT molecular complexity index is 736. The summed E-state index contributed by atoms with van der Waals surface area (Å²) in [5, 5.41) is 3.24. The first-order chi connectivity index (χ1) is 10.2. The highest BCUT2D eigenvalue weighted by molar-refractivity contribution is 5.93. The number of hydrogen-bond donors (Lipinski definition) is 1. The average molecular weight is 323 g/mol. The molecule has 2 aromatic heterocycles. The van der Waals surface area contributed by atoms with Gasteiger partial charge in [0.05, 0.1) is 0 Å². The second-order valence-corrected chi connectivity index (χ2v) is 5.31. The number of carbonyl (C=O) groups is 1. The molecule has 0 unspecified atom stereocenters. The lowest BCUT2D eigenvalue weighted by Gasteiger charge is -2.19. The Labute approximate surface area is 134 Å². The lowest BCUT2D eigenvalue weighted by atomic mass is 10.2. The minimum atomic E-state index is -0.300. The number of hydrogen-bond acceptors (Lipinski definition) is 4. The zero-order valence-electron chi connectivity index (χ0n) is 12.4. The third-order valence-corrected chi connectivity index (χ3v) is 3.71. The minimum absolute atomic E-state index is 0. The van der Waals surface area contributed by atoms with Gasteiger partial charge < -0.3 is 10.2 Å². The van der Waals surface area contributed by atoms with E-state index in [-0.39, 0.29) is 29.4 Å². The molecule has 1 aliphatic heterocycles. The van der Waals surface area contributed by atoms with Crippen molar-refractivity contribution < 1.29 is 4.79 Å². The van der Waals surface area contributed by atoms with Crippen LogP contribution in [-0.2, 0) is 0 Å². The first-order valence-corrected chi connectivity index (χ1v) is 7.15. The summed E-state index contributed by atoms with van der Waals surface area (Å²) in [7, 11) is 0. The number of carbonyl (C=O) groups excluding carboxylic acids is 1. The van der Waals surface area contributed by atoms with Crippen molar-refractivity contribution in [2.75, 3.05) is 26.2 Å². The Morgan fingerprint density at radius 3 is 2.91 bits per heavy atom. The quantitative estimate of drug-likeness (QED) is 0.845. The van der Waals surface area contributed by atoms with E-state index in [9.17, 15) is 9.59 Å². The Balaban J connectivity index is 0.00000176. The van der Waals surface area contributed by atoms with Crippen LogP contribution in [0.5, 0.6) is 0 Å². The van der Waals surface area contributed by atoms with Gasteiger partial charge >= 0.3 is 0 Å². The average Bonchev–Trinajstić information content (AvgIpc) is 2.77. The highest BCUT2D eigenvalue weighted by atomic mass is 35.5. The number of pyridine rings is 1. The molecule has 1 saturated heterocycles. The van der Waals surface area contributed by atoms with Crippen LogP contribution in [0, 0.1) is 6.92 Å². The fourth-order valence-electron chi connectivity index (χ4n) is 2.55. The second kappa shape index (κ2) is 6.89. The molecule has 22 heavy (non-hydrogen) atoms. The van der Waals surface area contributed by atoms with Crippen LogP contribution < -0.4 is 10.9 Å². The first-order valence-electron chi connectivity index (χ1n) is 7.15. The highest BCUT2D eigenvalue weighted by Gasteiger charge is 2.21. The van der Waals surface area contributed by atoms with E-state index < -0.39 is 0 Å². The van der Waals surface area contributed by atoms with Crippen molar-refractivity contribution in [2.45, 2.75) is 13.3 Å². The summed E-state index contributed by atoms with van der Waals surface area (Å²) in [6.45, 7) is 4.85. The molecule has 0 radical (unpaired) electrons. The van der Waals surface area contributed by atoms with Crippen molar-refractivity contribution in [1.82, 2.24) is 19.6 Å². The zero-order valence-corrected chi connectivity index (χ0v) is 13.2. The molecule has 0 saturated carbocycles. The molecule has 0 spiro atoms. The van der Waals surface area contributed by atoms with Crippen LogP contribution in [0.25, 0.3) is 5.65 Å². The topological polar surface area (TPSA) is 66.7 Å². The summed E-state index contributed by atoms with van der Waals surface area (Å²) < 4.78 is 1.44. The number of nitrogens with zero attached hydrogens (tertiary/aromatic N) is 3. The molecule has 1 aliphatic rings. The molecule has 2 aromatic rings. The van der Waals surface area contributed by atoms with E-state index >= 15 is 0 Å². The largest absolute Gasteiger partial charge is 0.337 e. The van der Waals surface area contributed by atoms with Crippen LogP contribution in [0.3, 0.4) is 0 Å². The Morgan fingerprint density at radius 1 is 1.27 bits per heavy atom. The van der Waals surface area contributed by atoms with Gasteiger partial charge in [0.15, 0.2) is 0 Å². The van der Waals surface area contributed by atoms with Crippen LogP contribution in [0.1, 0.15) is 22.3 Å². The lowest BCUT2D eigenvalue weighted by molar-refractivity contribution is 0.0764. The fourth-order valence-corrected chi connectivity index (χ4v) is 2.55. The van der Waals surface area contributed by atoms with Gasteiger partial charge in [-0.2, -0.15) is 0 Å². The molecule has 0 aliphatic carbocycles. The number of aromatic nitrogens is 2. The van der Waals surface area contributed by atoms with Crippen LogP contribution in [-0.4, -0.2) is 46.4 Å². The molecule has 1 N–H and O–H groups in total. The predicted octanol–water partition coefficient (Wildman–Crippen LogP) is 0.860. The molecule has 7 heteroatoms. The van der Waals surface area contributed by atoms with Crippen molar-refractivity contribution >= 4 is 24.0 Å². The summed E-state index contributed by atoms with van der Waals surface area (Å²) in [6, 6.07) is 3.67. The maximum atomic E-state index is 12.5. The summed E-state index contributed by atoms with van der Waals surface area (Å²) in [6.07, 6.45) is 4.01. The first kappa shape index (κ1) is 16.5. The van der Waals surface area contributed by atoms with E-state index in [0.717, 1.165) is 25.1 Å². The van der Waals surface area contributed by atoms with Gasteiger partial charge in [0.25, 0.3) is 11.5 Å². The van der Waals surface area contributed by atoms with Gasteiger partial charge in [-0.05, 0) is 31.5 Å². The minimum Gasteiger partial charge on any atom is -0.337 e. The molecule has 1 amide bonds. The molecule has 0 bridgehead atoms. The Hall–Kier alpha value is -1.92. The van der Waals surface area contributed by atoms with Gasteiger partial charge in [-0.15, -0.1) is 12.4 Å². The summed E-state index contributed by atoms with van der Waals surface area (Å²) in [4.78, 5) is 31.0. The number of halogens is 1. The van der Waals surface area contributed by atoms with Crippen LogP contribution in [0.15, 0.2) is 29.3 Å². The summed E-state index contributed by atoms with van der Waals surface area (Å²) >= 11 is 0. The molecule has 0 aromatic carbocycles. The van der Waals surface area contributed by atoms with Crippen molar-refractivity contribution in [3.05, 3.63) is 46.0 Å². The van der Waals surface area contributed by atoms with E-state index in [1.807, 2.05) is 13.0 Å². The third kappa shape index (κ3) is 3.13. The third-order valence-electron chi connectivity index (χ3n) is 3.71. The zero-order chi connectivity index (χ0) is 14.8. The Kier molecular flexibility index (Phi) is 5.15. The van der Waals surface area contributed by atoms with Crippen molar-refractivity contribution in [2.24, 2.45) is 0 Å². The molecule has 118 valence electrons. The molecule has 3 rings (SSSR count). The number of nitrogens with one attached hydrogen (secondary N) is 1. The van der Waals surface area contributed by atoms with E-state index in [4.69, 9.17) is 0 Å². The number of aryl methyl sites for hydroxylation is 1. The normalized spacial score (nSPS) is 15.2. The van der Waals surface area contributed by atoms with E-state index in [0.29, 0.717) is 18.7 Å². The van der Waals surface area contributed by atoms with Gasteiger partial charge in [-0.25, -0.2) is 4.98 Å². The van der Waals surface area contributed by atoms with E-state index in [2.05, 4.69) is 10.3 Å². The number of rotatable bonds is 1. The van der Waals surface area contributed by atoms with Crippen molar-refractivity contribution in [3.63, 3.8) is 0 Å². The van der Waals surface area contributed by atoms with Crippen molar-refractivity contribution in [1.29, 1.82) is 0 Å². The van der Waals surface area contributed by atoms with Crippen LogP contribution >= 0.6 is 12.4 Å². The van der Waals surface area contributed by atoms with Gasteiger partial charge in [-0.3, -0.25) is 14.0 Å². The van der Waals surface area contributed by atoms with Gasteiger partial charge in [-0.1, -0.05) is 6.07 Å². The SMILES string of the molecule is Cc1ccc2ncc(C(=O)N3CCCNCC3)c(=O)n2c1.Cl.